The van der Waals surface area contributed by atoms with Gasteiger partial charge in [0.2, 0.25) is 6.19 Å². The summed E-state index contributed by atoms with van der Waals surface area (Å²) >= 11 is 0. The Bertz CT molecular complexity index is 1770. The van der Waals surface area contributed by atoms with Gasteiger partial charge in [-0.1, -0.05) is 30.3 Å². The van der Waals surface area contributed by atoms with E-state index in [4.69, 9.17) is 11.0 Å². The van der Waals surface area contributed by atoms with Gasteiger partial charge in [-0.15, -0.1) is 0 Å². The summed E-state index contributed by atoms with van der Waals surface area (Å²) in [5.74, 6) is -1.70. The Kier molecular flexibility index (Phi) is 7.38. The zero-order valence-electron chi connectivity index (χ0n) is 22.0. The molecule has 4 aromatic rings. The van der Waals surface area contributed by atoms with Crippen molar-refractivity contribution in [3.63, 3.8) is 0 Å². The maximum absolute atomic E-state index is 13.4. The molecule has 2 heterocycles. The van der Waals surface area contributed by atoms with Crippen molar-refractivity contribution < 1.29 is 19.5 Å². The van der Waals surface area contributed by atoms with E-state index in [2.05, 4.69) is 30.7 Å². The van der Waals surface area contributed by atoms with Gasteiger partial charge in [0.05, 0.1) is 11.6 Å². The lowest BCUT2D eigenvalue weighted by Gasteiger charge is -2.16. The fraction of sp³-hybridized carbons (Fsp3) is 0.214. The number of carbonyl (C=O) groups excluding carboxylic acids is 2. The number of benzene rings is 2. The number of nitrogens with one attached hydrogen (secondary N) is 2. The van der Waals surface area contributed by atoms with Crippen LogP contribution >= 0.6 is 0 Å². The average Bonchev–Trinajstić information content (AvgIpc) is 3.59. The van der Waals surface area contributed by atoms with Gasteiger partial charge >= 0.3 is 5.97 Å². The number of fused-ring (bicyclic) bond motifs is 2. The van der Waals surface area contributed by atoms with E-state index in [1.807, 2.05) is 24.3 Å². The summed E-state index contributed by atoms with van der Waals surface area (Å²) in [6.07, 6.45) is 4.44. The van der Waals surface area contributed by atoms with Crippen LogP contribution in [0.2, 0.25) is 0 Å². The minimum absolute atomic E-state index is 0.00836. The molecule has 0 aliphatic heterocycles. The second kappa shape index (κ2) is 11.2. The Morgan fingerprint density at radius 3 is 2.78 bits per heavy atom. The zero-order chi connectivity index (χ0) is 29.1. The number of amides is 2. The summed E-state index contributed by atoms with van der Waals surface area (Å²) in [7, 11) is 0. The number of nitrogens with two attached hydrogens (primary N) is 1. The van der Waals surface area contributed by atoms with E-state index >= 15 is 0 Å². The lowest BCUT2D eigenvalue weighted by molar-refractivity contribution is 0.0695. The molecule has 1 atom stereocenters. The fourth-order valence-corrected chi connectivity index (χ4v) is 5.02. The Morgan fingerprint density at radius 1 is 1.20 bits per heavy atom. The van der Waals surface area contributed by atoms with Gasteiger partial charge in [-0.2, -0.15) is 24.9 Å². The third kappa shape index (κ3) is 5.57. The standard InChI is InChI=1S/C28H25N9O4/c1-15-18-7-8-21(20(18)6-5-19(15)27(40)41)35-26(39)23-11-22(36-28-33-14-34-37(23)28)25(38)31-12-17-4-2-3-16(9-17)10-24(30)32-13-29/h2-6,9,11,14,21H,7-8,10,12H2,1H3,(H2,30,32)(H,31,38)(H,35,39)(H,40,41)/t21-/m0/s1. The molecule has 0 saturated carbocycles. The molecule has 5 rings (SSSR count). The van der Waals surface area contributed by atoms with Crippen molar-refractivity contribution in [3.05, 3.63) is 93.6 Å². The summed E-state index contributed by atoms with van der Waals surface area (Å²) in [4.78, 5) is 49.8. The number of nitriles is 1. The molecule has 0 radical (unpaired) electrons. The Balaban J connectivity index is 1.33. The van der Waals surface area contributed by atoms with Gasteiger partial charge in [0.1, 0.15) is 23.6 Å². The smallest absolute Gasteiger partial charge is 0.335 e. The first-order valence-electron chi connectivity index (χ1n) is 12.7. The van der Waals surface area contributed by atoms with Crippen molar-refractivity contribution in [2.75, 3.05) is 0 Å². The summed E-state index contributed by atoms with van der Waals surface area (Å²) in [6, 6.07) is 11.6. The molecule has 1 aliphatic rings. The van der Waals surface area contributed by atoms with Gasteiger partial charge in [-0.3, -0.25) is 9.59 Å². The minimum Gasteiger partial charge on any atom is -0.478 e. The molecule has 1 aliphatic carbocycles. The molecule has 2 aromatic carbocycles. The molecular weight excluding hydrogens is 526 g/mol. The highest BCUT2D eigenvalue weighted by Gasteiger charge is 2.29. The van der Waals surface area contributed by atoms with Crippen LogP contribution in [-0.2, 0) is 19.4 Å². The first-order chi connectivity index (χ1) is 19.7. The fourth-order valence-electron chi connectivity index (χ4n) is 5.02. The number of rotatable bonds is 8. The minimum atomic E-state index is -0.989. The number of aromatic carboxylic acids is 1. The second-order valence-electron chi connectivity index (χ2n) is 9.56. The van der Waals surface area contributed by atoms with Crippen LogP contribution in [0.4, 0.5) is 0 Å². The number of aliphatic imine (C=N–C) groups is 1. The number of hydrogen-bond acceptors (Lipinski definition) is 8. The number of carboxylic acids is 1. The van der Waals surface area contributed by atoms with Crippen LogP contribution in [0.15, 0.2) is 53.8 Å². The lowest BCUT2D eigenvalue weighted by Crippen LogP contribution is -2.30. The van der Waals surface area contributed by atoms with E-state index < -0.39 is 17.8 Å². The predicted octanol–water partition coefficient (Wildman–Crippen LogP) is 1.86. The molecule has 13 nitrogen and oxygen atoms in total. The van der Waals surface area contributed by atoms with Gasteiger partial charge in [0.25, 0.3) is 17.6 Å². The van der Waals surface area contributed by atoms with Crippen LogP contribution in [0.3, 0.4) is 0 Å². The van der Waals surface area contributed by atoms with Crippen molar-refractivity contribution in [2.24, 2.45) is 10.7 Å². The number of carboxylic acid groups (broad SMARTS) is 1. The molecule has 41 heavy (non-hydrogen) atoms. The van der Waals surface area contributed by atoms with Crippen molar-refractivity contribution in [1.29, 1.82) is 5.26 Å². The molecule has 13 heteroatoms. The van der Waals surface area contributed by atoms with Gasteiger partial charge < -0.3 is 21.5 Å². The molecule has 0 fully saturated rings. The molecule has 0 saturated heterocycles. The maximum atomic E-state index is 13.4. The van der Waals surface area contributed by atoms with E-state index in [-0.39, 0.29) is 41.2 Å². The van der Waals surface area contributed by atoms with Gasteiger partial charge in [0.15, 0.2) is 0 Å². The van der Waals surface area contributed by atoms with Gasteiger partial charge in [-0.05, 0) is 53.6 Å². The number of amidine groups is 1. The predicted molar refractivity (Wildman–Crippen MR) is 146 cm³/mol. The van der Waals surface area contributed by atoms with Crippen molar-refractivity contribution in [3.8, 4) is 6.19 Å². The van der Waals surface area contributed by atoms with Crippen LogP contribution in [0.5, 0.6) is 0 Å². The van der Waals surface area contributed by atoms with Crippen molar-refractivity contribution in [2.45, 2.75) is 38.8 Å². The van der Waals surface area contributed by atoms with Gasteiger partial charge in [-0.25, -0.2) is 9.78 Å². The Morgan fingerprint density at radius 2 is 2.00 bits per heavy atom. The molecule has 0 unspecified atom stereocenters. The molecular formula is C28H25N9O4. The first-order valence-corrected chi connectivity index (χ1v) is 12.7. The summed E-state index contributed by atoms with van der Waals surface area (Å²) in [5, 5.41) is 28.0. The second-order valence-corrected chi connectivity index (χ2v) is 9.56. The number of aromatic nitrogens is 4. The van der Waals surface area contributed by atoms with Crippen LogP contribution in [-0.4, -0.2) is 48.3 Å². The third-order valence-corrected chi connectivity index (χ3v) is 6.97. The quantitative estimate of drug-likeness (QED) is 0.143. The van der Waals surface area contributed by atoms with E-state index in [1.54, 1.807) is 25.2 Å². The summed E-state index contributed by atoms with van der Waals surface area (Å²) in [5.41, 5.74) is 10.1. The van der Waals surface area contributed by atoms with E-state index in [0.29, 0.717) is 24.8 Å². The number of hydrogen-bond donors (Lipinski definition) is 4. The van der Waals surface area contributed by atoms with Crippen LogP contribution < -0.4 is 16.4 Å². The van der Waals surface area contributed by atoms with E-state index in [9.17, 15) is 19.5 Å². The maximum Gasteiger partial charge on any atom is 0.335 e. The Hall–Kier alpha value is -5.64. The highest BCUT2D eigenvalue weighted by Crippen LogP contribution is 2.34. The molecule has 0 bridgehead atoms. The topological polar surface area (TPSA) is 201 Å². The van der Waals surface area contributed by atoms with Gasteiger partial charge in [0, 0.05) is 19.0 Å². The first kappa shape index (κ1) is 26.9. The number of nitrogens with zero attached hydrogens (tertiary/aromatic N) is 6. The van der Waals surface area contributed by atoms with Crippen LogP contribution in [0, 0.1) is 18.4 Å². The largest absolute Gasteiger partial charge is 0.478 e. The van der Waals surface area contributed by atoms with Crippen LogP contribution in [0.25, 0.3) is 5.78 Å². The third-order valence-electron chi connectivity index (χ3n) is 6.97. The molecule has 206 valence electrons. The van der Waals surface area contributed by atoms with Crippen molar-refractivity contribution >= 4 is 29.4 Å². The summed E-state index contributed by atoms with van der Waals surface area (Å²) < 4.78 is 1.26. The zero-order valence-corrected chi connectivity index (χ0v) is 22.0. The highest BCUT2D eigenvalue weighted by molar-refractivity contribution is 5.98. The molecule has 2 aromatic heterocycles. The highest BCUT2D eigenvalue weighted by atomic mass is 16.4. The van der Waals surface area contributed by atoms with E-state index in [1.165, 1.54) is 16.9 Å². The lowest BCUT2D eigenvalue weighted by atomic mass is 9.98. The molecule has 0 spiro atoms. The number of carbonyl (C=O) groups is 3. The van der Waals surface area contributed by atoms with E-state index in [0.717, 1.165) is 22.3 Å². The SMILES string of the molecule is Cc1c(C(=O)O)ccc2c1CC[C@@H]2NC(=O)c1cc(C(=O)NCc2cccc(CC(N)=NC#N)c2)nc2ncnn12. The average molecular weight is 552 g/mol. The van der Waals surface area contributed by atoms with Crippen molar-refractivity contribution in [1.82, 2.24) is 30.2 Å². The molecule has 2 amide bonds. The normalized spacial score (nSPS) is 14.3. The monoisotopic (exact) mass is 551 g/mol. The summed E-state index contributed by atoms with van der Waals surface area (Å²) in [6.45, 7) is 1.95. The molecule has 5 N–H and O–H groups in total. The van der Waals surface area contributed by atoms with Crippen LogP contribution in [0.1, 0.15) is 71.6 Å². The Labute approximate surface area is 233 Å².